The summed E-state index contributed by atoms with van der Waals surface area (Å²) < 4.78 is 6.10. The lowest BCUT2D eigenvalue weighted by atomic mass is 9.52. The molecule has 1 N–H and O–H groups in total. The van der Waals surface area contributed by atoms with E-state index in [4.69, 9.17) is 4.74 Å². The van der Waals surface area contributed by atoms with E-state index in [1.165, 1.54) is 32.1 Å². The summed E-state index contributed by atoms with van der Waals surface area (Å²) in [6, 6.07) is 8.35. The molecule has 0 unspecified atom stereocenters. The van der Waals surface area contributed by atoms with E-state index < -0.39 is 0 Å². The van der Waals surface area contributed by atoms with Gasteiger partial charge in [0.05, 0.1) is 6.61 Å². The quantitative estimate of drug-likeness (QED) is 0.887. The molecule has 4 fully saturated rings. The fraction of sp³-hybridized carbons (Fsp3) is 0.667. The van der Waals surface area contributed by atoms with Crippen molar-refractivity contribution in [1.82, 2.24) is 0 Å². The van der Waals surface area contributed by atoms with E-state index in [0.29, 0.717) is 0 Å². The summed E-state index contributed by atoms with van der Waals surface area (Å²) in [4.78, 5) is 0. The lowest BCUT2D eigenvalue weighted by Crippen LogP contribution is -2.47. The molecule has 0 saturated heterocycles. The van der Waals surface area contributed by atoms with Gasteiger partial charge in [0.1, 0.15) is 5.75 Å². The second-order valence-electron chi connectivity index (χ2n) is 7.18. The van der Waals surface area contributed by atoms with E-state index in [9.17, 15) is 0 Å². The highest BCUT2D eigenvalue weighted by atomic mass is 16.5. The minimum atomic E-state index is 0.826. The van der Waals surface area contributed by atoms with Gasteiger partial charge in [-0.1, -0.05) is 0 Å². The first-order chi connectivity index (χ1) is 9.81. The monoisotopic (exact) mass is 271 g/mol. The highest BCUT2D eigenvalue weighted by Crippen LogP contribution is 2.56. The summed E-state index contributed by atoms with van der Waals surface area (Å²) in [5.74, 6) is 5.89. The van der Waals surface area contributed by atoms with Gasteiger partial charge in [0.2, 0.25) is 0 Å². The van der Waals surface area contributed by atoms with Crippen LogP contribution >= 0.6 is 0 Å². The molecular formula is C18H25NO. The van der Waals surface area contributed by atoms with E-state index in [-0.39, 0.29) is 0 Å². The maximum absolute atomic E-state index is 6.10. The minimum Gasteiger partial charge on any atom is -0.493 e. The third-order valence-corrected chi connectivity index (χ3v) is 6.01. The van der Waals surface area contributed by atoms with Gasteiger partial charge in [0.25, 0.3) is 0 Å². The molecule has 4 saturated carbocycles. The van der Waals surface area contributed by atoms with Gasteiger partial charge >= 0.3 is 0 Å². The van der Waals surface area contributed by atoms with Gasteiger partial charge in [0, 0.05) is 12.7 Å². The first-order valence-electron chi connectivity index (χ1n) is 8.22. The van der Waals surface area contributed by atoms with Gasteiger partial charge < -0.3 is 10.1 Å². The summed E-state index contributed by atoms with van der Waals surface area (Å²) >= 11 is 0. The minimum absolute atomic E-state index is 0.826. The molecule has 2 heteroatoms. The van der Waals surface area contributed by atoms with Crippen molar-refractivity contribution in [3.63, 3.8) is 0 Å². The number of hydrogen-bond donors (Lipinski definition) is 1. The van der Waals surface area contributed by atoms with Crippen LogP contribution in [0.1, 0.15) is 32.1 Å². The molecule has 20 heavy (non-hydrogen) atoms. The van der Waals surface area contributed by atoms with Crippen molar-refractivity contribution in [3.05, 3.63) is 24.3 Å². The zero-order valence-corrected chi connectivity index (χ0v) is 12.3. The number of ether oxygens (including phenoxy) is 1. The molecule has 4 bridgehead atoms. The predicted molar refractivity (Wildman–Crippen MR) is 82.0 cm³/mol. The van der Waals surface area contributed by atoms with E-state index in [0.717, 1.165) is 47.6 Å². The molecule has 4 aliphatic rings. The molecule has 0 radical (unpaired) electrons. The highest BCUT2D eigenvalue weighted by Gasteiger charge is 2.48. The Morgan fingerprint density at radius 3 is 2.10 bits per heavy atom. The molecule has 0 heterocycles. The Hall–Kier alpha value is -1.18. The Morgan fingerprint density at radius 1 is 0.950 bits per heavy atom. The Kier molecular flexibility index (Phi) is 3.13. The molecule has 5 rings (SSSR count). The standard InChI is InChI=1S/C18H25NO/c1-19-16-2-4-17(5-3-16)20-11-18-14-7-12-6-13(9-14)10-15(18)8-12/h2-5,12-15,18-19H,6-11H2,1H3. The summed E-state index contributed by atoms with van der Waals surface area (Å²) in [6.07, 6.45) is 7.48. The van der Waals surface area contributed by atoms with Crippen LogP contribution in [0.2, 0.25) is 0 Å². The van der Waals surface area contributed by atoms with Crippen molar-refractivity contribution in [2.45, 2.75) is 32.1 Å². The third-order valence-electron chi connectivity index (χ3n) is 6.01. The largest absolute Gasteiger partial charge is 0.493 e. The highest BCUT2D eigenvalue weighted by molar-refractivity contribution is 5.45. The van der Waals surface area contributed by atoms with Gasteiger partial charge in [-0.2, -0.15) is 0 Å². The second kappa shape index (κ2) is 4.98. The molecule has 0 aliphatic heterocycles. The third kappa shape index (κ3) is 2.19. The summed E-state index contributed by atoms with van der Waals surface area (Å²) in [7, 11) is 1.95. The van der Waals surface area contributed by atoms with Crippen LogP contribution in [0.4, 0.5) is 5.69 Å². The molecule has 0 spiro atoms. The van der Waals surface area contributed by atoms with Gasteiger partial charge in [-0.25, -0.2) is 0 Å². The average Bonchev–Trinajstić information content (AvgIpc) is 2.46. The summed E-state index contributed by atoms with van der Waals surface area (Å²) in [5, 5.41) is 3.15. The SMILES string of the molecule is CNc1ccc(OCC2C3CC4CC(C3)CC2C4)cc1. The Labute approximate surface area is 121 Å². The van der Waals surface area contributed by atoms with Crippen molar-refractivity contribution in [3.8, 4) is 5.75 Å². The fourth-order valence-electron chi connectivity index (χ4n) is 5.22. The first kappa shape index (κ1) is 12.6. The zero-order valence-electron chi connectivity index (χ0n) is 12.3. The Balaban J connectivity index is 1.39. The molecule has 1 aromatic rings. The molecule has 0 atom stereocenters. The molecule has 0 aromatic heterocycles. The van der Waals surface area contributed by atoms with E-state index in [1.54, 1.807) is 0 Å². The van der Waals surface area contributed by atoms with Crippen LogP contribution in [0.25, 0.3) is 0 Å². The van der Waals surface area contributed by atoms with Crippen molar-refractivity contribution >= 4 is 5.69 Å². The van der Waals surface area contributed by atoms with Crippen molar-refractivity contribution in [1.29, 1.82) is 0 Å². The number of benzene rings is 1. The van der Waals surface area contributed by atoms with Crippen LogP contribution in [-0.2, 0) is 0 Å². The smallest absolute Gasteiger partial charge is 0.119 e. The zero-order chi connectivity index (χ0) is 13.5. The van der Waals surface area contributed by atoms with Gasteiger partial charge in [-0.15, -0.1) is 0 Å². The van der Waals surface area contributed by atoms with E-state index in [1.807, 2.05) is 7.05 Å². The van der Waals surface area contributed by atoms with Crippen LogP contribution in [0.15, 0.2) is 24.3 Å². The maximum atomic E-state index is 6.10. The second-order valence-corrected chi connectivity index (χ2v) is 7.18. The number of hydrogen-bond acceptors (Lipinski definition) is 2. The average molecular weight is 271 g/mol. The van der Waals surface area contributed by atoms with Crippen molar-refractivity contribution in [2.75, 3.05) is 19.0 Å². The topological polar surface area (TPSA) is 21.3 Å². The predicted octanol–water partition coefficient (Wildman–Crippen LogP) is 4.18. The molecule has 2 nitrogen and oxygen atoms in total. The van der Waals surface area contributed by atoms with E-state index >= 15 is 0 Å². The van der Waals surface area contributed by atoms with Crippen molar-refractivity contribution in [2.24, 2.45) is 29.6 Å². The summed E-state index contributed by atoms with van der Waals surface area (Å²) in [6.45, 7) is 0.938. The summed E-state index contributed by atoms with van der Waals surface area (Å²) in [5.41, 5.74) is 1.15. The van der Waals surface area contributed by atoms with Gasteiger partial charge in [-0.05, 0) is 86.0 Å². The number of rotatable bonds is 4. The molecular weight excluding hydrogens is 246 g/mol. The lowest BCUT2D eigenvalue weighted by molar-refractivity contribution is -0.0529. The Bertz CT molecular complexity index is 439. The number of anilines is 1. The van der Waals surface area contributed by atoms with E-state index in [2.05, 4.69) is 29.6 Å². The van der Waals surface area contributed by atoms with Crippen LogP contribution in [0, 0.1) is 29.6 Å². The molecule has 1 aromatic carbocycles. The van der Waals surface area contributed by atoms with Crippen molar-refractivity contribution < 1.29 is 4.74 Å². The normalized spacial score (nSPS) is 38.0. The van der Waals surface area contributed by atoms with Gasteiger partial charge in [-0.3, -0.25) is 0 Å². The van der Waals surface area contributed by atoms with Crippen LogP contribution in [0.3, 0.4) is 0 Å². The Morgan fingerprint density at radius 2 is 1.55 bits per heavy atom. The van der Waals surface area contributed by atoms with Crippen LogP contribution in [-0.4, -0.2) is 13.7 Å². The molecule has 0 amide bonds. The van der Waals surface area contributed by atoms with Crippen LogP contribution < -0.4 is 10.1 Å². The van der Waals surface area contributed by atoms with Crippen LogP contribution in [0.5, 0.6) is 5.75 Å². The lowest BCUT2D eigenvalue weighted by Gasteiger charge is -2.54. The fourth-order valence-corrected chi connectivity index (χ4v) is 5.22. The van der Waals surface area contributed by atoms with Gasteiger partial charge in [0.15, 0.2) is 0 Å². The molecule has 4 aliphatic carbocycles. The molecule has 108 valence electrons. The number of nitrogens with one attached hydrogen (secondary N) is 1. The first-order valence-corrected chi connectivity index (χ1v) is 8.22. The maximum Gasteiger partial charge on any atom is 0.119 e.